The topological polar surface area (TPSA) is 97.1 Å². The van der Waals surface area contributed by atoms with Crippen molar-refractivity contribution in [1.29, 1.82) is 0 Å². The van der Waals surface area contributed by atoms with Gasteiger partial charge < -0.3 is 29.1 Å². The highest BCUT2D eigenvalue weighted by Crippen LogP contribution is 2.33. The van der Waals surface area contributed by atoms with Crippen LogP contribution in [-0.4, -0.2) is 80.3 Å². The van der Waals surface area contributed by atoms with Crippen molar-refractivity contribution in [3.8, 4) is 22.8 Å². The molecule has 0 spiro atoms. The second-order valence-electron chi connectivity index (χ2n) is 8.49. The molecular weight excluding hydrogens is 448 g/mol. The highest BCUT2D eigenvalue weighted by atomic mass is 16.5. The summed E-state index contributed by atoms with van der Waals surface area (Å²) in [7, 11) is 5.15. The summed E-state index contributed by atoms with van der Waals surface area (Å²) in [5.74, 6) is 0.944. The van der Waals surface area contributed by atoms with Gasteiger partial charge in [-0.3, -0.25) is 9.59 Å². The number of ether oxygens (including phenoxy) is 2. The van der Waals surface area contributed by atoms with Crippen LogP contribution in [0.4, 0.5) is 0 Å². The minimum absolute atomic E-state index is 0.0779. The number of amides is 2. The number of piperazine rings is 1. The van der Waals surface area contributed by atoms with E-state index in [0.717, 1.165) is 18.7 Å². The largest absolute Gasteiger partial charge is 0.497 e. The molecule has 2 amide bonds. The second-order valence-corrected chi connectivity index (χ2v) is 8.49. The van der Waals surface area contributed by atoms with Crippen molar-refractivity contribution < 1.29 is 23.6 Å². The maximum atomic E-state index is 13.4. The first kappa shape index (κ1) is 24.3. The number of carbonyl (C=O) groups is 2. The van der Waals surface area contributed by atoms with Gasteiger partial charge in [-0.05, 0) is 30.8 Å². The molecule has 184 valence electrons. The number of rotatable bonds is 8. The average Bonchev–Trinajstić information content (AvgIpc) is 3.39. The third kappa shape index (κ3) is 5.81. The van der Waals surface area contributed by atoms with E-state index in [4.69, 9.17) is 14.0 Å². The van der Waals surface area contributed by atoms with Gasteiger partial charge in [0.25, 0.3) is 5.91 Å². The van der Waals surface area contributed by atoms with Gasteiger partial charge >= 0.3 is 0 Å². The third-order valence-electron chi connectivity index (χ3n) is 6.12. The van der Waals surface area contributed by atoms with E-state index >= 15 is 0 Å². The maximum absolute atomic E-state index is 13.4. The van der Waals surface area contributed by atoms with E-state index in [1.807, 2.05) is 42.3 Å². The van der Waals surface area contributed by atoms with Crippen LogP contribution in [0.25, 0.3) is 11.3 Å². The van der Waals surface area contributed by atoms with Crippen LogP contribution in [-0.2, 0) is 11.2 Å². The standard InChI is InChI=1S/C26H30N4O5/c1-29-11-13-30(14-12-29)26(32)22(15-18-7-5-4-6-8-18)27-25(31)21-17-24(35-28-21)20-16-19(33-2)9-10-23(20)34-3/h4-10,16-17,22H,11-15H2,1-3H3,(H,27,31)/t22-/m0/s1. The summed E-state index contributed by atoms with van der Waals surface area (Å²) in [6.07, 6.45) is 0.381. The molecule has 1 saturated heterocycles. The summed E-state index contributed by atoms with van der Waals surface area (Å²) in [4.78, 5) is 30.5. The molecule has 1 aliphatic heterocycles. The quantitative estimate of drug-likeness (QED) is 0.531. The Morgan fingerprint density at radius 1 is 1.03 bits per heavy atom. The van der Waals surface area contributed by atoms with Crippen molar-refractivity contribution in [2.24, 2.45) is 0 Å². The predicted molar refractivity (Wildman–Crippen MR) is 131 cm³/mol. The van der Waals surface area contributed by atoms with E-state index < -0.39 is 11.9 Å². The fourth-order valence-corrected chi connectivity index (χ4v) is 4.05. The molecule has 1 atom stereocenters. The third-order valence-corrected chi connectivity index (χ3v) is 6.12. The van der Waals surface area contributed by atoms with Crippen LogP contribution < -0.4 is 14.8 Å². The van der Waals surface area contributed by atoms with Gasteiger partial charge in [0, 0.05) is 38.7 Å². The molecule has 0 unspecified atom stereocenters. The van der Waals surface area contributed by atoms with Crippen molar-refractivity contribution in [3.05, 3.63) is 65.9 Å². The highest BCUT2D eigenvalue weighted by Gasteiger charge is 2.29. The lowest BCUT2D eigenvalue weighted by Crippen LogP contribution is -2.55. The molecule has 9 heteroatoms. The molecule has 1 fully saturated rings. The number of nitrogens with zero attached hydrogens (tertiary/aromatic N) is 3. The number of methoxy groups -OCH3 is 2. The van der Waals surface area contributed by atoms with Gasteiger partial charge in [-0.2, -0.15) is 0 Å². The van der Waals surface area contributed by atoms with Gasteiger partial charge in [-0.1, -0.05) is 35.5 Å². The molecule has 0 bridgehead atoms. The Bertz CT molecular complexity index is 1160. The highest BCUT2D eigenvalue weighted by molar-refractivity contribution is 5.97. The SMILES string of the molecule is COc1ccc(OC)c(-c2cc(C(=O)N[C@@H](Cc3ccccc3)C(=O)N3CCN(C)CC3)no2)c1. The van der Waals surface area contributed by atoms with E-state index in [1.54, 1.807) is 32.4 Å². The molecule has 0 saturated carbocycles. The molecule has 9 nitrogen and oxygen atoms in total. The van der Waals surface area contributed by atoms with Gasteiger partial charge in [0.05, 0.1) is 19.8 Å². The summed E-state index contributed by atoms with van der Waals surface area (Å²) in [6, 6.07) is 15.7. The smallest absolute Gasteiger partial charge is 0.274 e. The molecule has 1 N–H and O–H groups in total. The number of carbonyl (C=O) groups excluding carboxylic acids is 2. The number of likely N-dealkylation sites (N-methyl/N-ethyl adjacent to an activating group) is 1. The summed E-state index contributed by atoms with van der Waals surface area (Å²) in [5, 5.41) is 6.83. The first-order valence-electron chi connectivity index (χ1n) is 11.5. The Morgan fingerprint density at radius 2 is 1.77 bits per heavy atom. The Morgan fingerprint density at radius 3 is 2.46 bits per heavy atom. The van der Waals surface area contributed by atoms with Crippen LogP contribution in [0, 0.1) is 0 Å². The van der Waals surface area contributed by atoms with E-state index in [1.165, 1.54) is 6.07 Å². The van der Waals surface area contributed by atoms with Crippen LogP contribution >= 0.6 is 0 Å². The second kappa shape index (κ2) is 11.1. The van der Waals surface area contributed by atoms with E-state index in [-0.39, 0.29) is 11.6 Å². The van der Waals surface area contributed by atoms with Crippen LogP contribution in [0.15, 0.2) is 59.1 Å². The fourth-order valence-electron chi connectivity index (χ4n) is 4.05. The molecule has 0 radical (unpaired) electrons. The van der Waals surface area contributed by atoms with Crippen LogP contribution in [0.2, 0.25) is 0 Å². The molecule has 1 aliphatic rings. The lowest BCUT2D eigenvalue weighted by molar-refractivity contribution is -0.134. The molecule has 0 aliphatic carbocycles. The van der Waals surface area contributed by atoms with E-state index in [9.17, 15) is 9.59 Å². The van der Waals surface area contributed by atoms with Crippen molar-refractivity contribution >= 4 is 11.8 Å². The van der Waals surface area contributed by atoms with Crippen LogP contribution in [0.1, 0.15) is 16.1 Å². The lowest BCUT2D eigenvalue weighted by Gasteiger charge is -2.34. The molecule has 35 heavy (non-hydrogen) atoms. The molecular formula is C26H30N4O5. The zero-order valence-corrected chi connectivity index (χ0v) is 20.2. The normalized spacial score (nSPS) is 14.9. The first-order valence-corrected chi connectivity index (χ1v) is 11.5. The van der Waals surface area contributed by atoms with Crippen molar-refractivity contribution in [3.63, 3.8) is 0 Å². The Labute approximate surface area is 204 Å². The Hall–Kier alpha value is -3.85. The summed E-state index contributed by atoms with van der Waals surface area (Å²) in [5.41, 5.74) is 1.64. The van der Waals surface area contributed by atoms with Gasteiger partial charge in [0.2, 0.25) is 5.91 Å². The number of benzene rings is 2. The van der Waals surface area contributed by atoms with Crippen molar-refractivity contribution in [2.45, 2.75) is 12.5 Å². The first-order chi connectivity index (χ1) is 17.0. The lowest BCUT2D eigenvalue weighted by atomic mass is 10.0. The predicted octanol–water partition coefficient (Wildman–Crippen LogP) is 2.47. The van der Waals surface area contributed by atoms with Crippen molar-refractivity contribution in [1.82, 2.24) is 20.3 Å². The van der Waals surface area contributed by atoms with Gasteiger partial charge in [-0.15, -0.1) is 0 Å². The van der Waals surface area contributed by atoms with E-state index in [2.05, 4.69) is 15.4 Å². The zero-order chi connectivity index (χ0) is 24.8. The minimum atomic E-state index is -0.722. The molecule has 3 aromatic rings. The monoisotopic (exact) mass is 478 g/mol. The Balaban J connectivity index is 1.54. The number of nitrogens with one attached hydrogen (secondary N) is 1. The number of hydrogen-bond acceptors (Lipinski definition) is 7. The van der Waals surface area contributed by atoms with E-state index in [0.29, 0.717) is 42.3 Å². The number of hydrogen-bond donors (Lipinski definition) is 1. The van der Waals surface area contributed by atoms with Gasteiger partial charge in [-0.25, -0.2) is 0 Å². The summed E-state index contributed by atoms with van der Waals surface area (Å²) in [6.45, 7) is 2.85. The fraction of sp³-hybridized carbons (Fsp3) is 0.346. The van der Waals surface area contributed by atoms with Crippen molar-refractivity contribution in [2.75, 3.05) is 47.4 Å². The molecule has 4 rings (SSSR count). The average molecular weight is 479 g/mol. The van der Waals surface area contributed by atoms with Crippen LogP contribution in [0.3, 0.4) is 0 Å². The molecule has 2 aromatic carbocycles. The summed E-state index contributed by atoms with van der Waals surface area (Å²) >= 11 is 0. The molecule has 2 heterocycles. The van der Waals surface area contributed by atoms with Crippen LogP contribution in [0.5, 0.6) is 11.5 Å². The van der Waals surface area contributed by atoms with Gasteiger partial charge in [0.1, 0.15) is 17.5 Å². The number of aromatic nitrogens is 1. The molecule has 1 aromatic heterocycles. The maximum Gasteiger partial charge on any atom is 0.274 e. The Kier molecular flexibility index (Phi) is 7.67. The zero-order valence-electron chi connectivity index (χ0n) is 20.2. The van der Waals surface area contributed by atoms with Gasteiger partial charge in [0.15, 0.2) is 11.5 Å². The summed E-state index contributed by atoms with van der Waals surface area (Å²) < 4.78 is 16.2. The minimum Gasteiger partial charge on any atom is -0.497 e.